The van der Waals surface area contributed by atoms with E-state index in [0.717, 1.165) is 0 Å². The smallest absolute Gasteiger partial charge is 0.267 e. The molecular formula is C18H18Cl2N4O3. The highest BCUT2D eigenvalue weighted by atomic mass is 35.5. The van der Waals surface area contributed by atoms with Crippen molar-refractivity contribution in [2.45, 2.75) is 19.4 Å². The average molecular weight is 409 g/mol. The summed E-state index contributed by atoms with van der Waals surface area (Å²) in [4.78, 5) is 29.1. The molecule has 0 aliphatic rings. The van der Waals surface area contributed by atoms with E-state index in [1.807, 2.05) is 0 Å². The number of amidine groups is 1. The molecule has 0 aromatic heterocycles. The van der Waals surface area contributed by atoms with Crippen LogP contribution in [0.4, 0.5) is 11.4 Å². The molecule has 1 atom stereocenters. The maximum absolute atomic E-state index is 12.1. The van der Waals surface area contributed by atoms with Crippen molar-refractivity contribution < 1.29 is 14.4 Å². The molecule has 0 fully saturated rings. The highest BCUT2D eigenvalue weighted by molar-refractivity contribution is 6.33. The Hall–Kier alpha value is -2.77. The van der Waals surface area contributed by atoms with E-state index in [-0.39, 0.29) is 12.3 Å². The summed E-state index contributed by atoms with van der Waals surface area (Å²) in [6.07, 6.45) is -1.14. The lowest BCUT2D eigenvalue weighted by Gasteiger charge is -2.11. The van der Waals surface area contributed by atoms with Gasteiger partial charge in [0.15, 0.2) is 0 Å². The van der Waals surface area contributed by atoms with Gasteiger partial charge in [0.05, 0.1) is 17.1 Å². The fourth-order valence-electron chi connectivity index (χ4n) is 1.96. The van der Waals surface area contributed by atoms with Crippen LogP contribution in [0.2, 0.25) is 10.0 Å². The van der Waals surface area contributed by atoms with Crippen molar-refractivity contribution in [2.75, 3.05) is 10.6 Å². The number of hydrogen-bond acceptors (Lipinski definition) is 4. The zero-order valence-electron chi connectivity index (χ0n) is 14.4. The highest BCUT2D eigenvalue weighted by Crippen LogP contribution is 2.20. The van der Waals surface area contributed by atoms with E-state index in [1.54, 1.807) is 48.5 Å². The first-order valence-electron chi connectivity index (χ1n) is 7.94. The quantitative estimate of drug-likeness (QED) is 0.369. The minimum atomic E-state index is -0.922. The van der Waals surface area contributed by atoms with E-state index < -0.39 is 17.9 Å². The summed E-state index contributed by atoms with van der Waals surface area (Å²) in [7, 11) is 0. The molecule has 4 N–H and O–H groups in total. The Morgan fingerprint density at radius 3 is 2.59 bits per heavy atom. The van der Waals surface area contributed by atoms with Crippen LogP contribution in [-0.4, -0.2) is 23.8 Å². The molecule has 0 heterocycles. The van der Waals surface area contributed by atoms with Crippen LogP contribution >= 0.6 is 23.2 Å². The molecule has 0 aliphatic carbocycles. The predicted octanol–water partition coefficient (Wildman–Crippen LogP) is 3.64. The molecule has 0 radical (unpaired) electrons. The Kier molecular flexibility index (Phi) is 7.45. The zero-order chi connectivity index (χ0) is 19.8. The normalized spacial score (nSPS) is 12.2. The van der Waals surface area contributed by atoms with Crippen molar-refractivity contribution >= 4 is 52.2 Å². The second-order valence-electron chi connectivity index (χ2n) is 5.53. The third-order valence-corrected chi connectivity index (χ3v) is 3.84. The number of carbonyl (C=O) groups excluding carboxylic acids is 2. The second kappa shape index (κ2) is 9.80. The van der Waals surface area contributed by atoms with Crippen molar-refractivity contribution in [3.63, 3.8) is 0 Å². The van der Waals surface area contributed by atoms with E-state index in [0.29, 0.717) is 21.4 Å². The number of nitrogens with zero attached hydrogens (tertiary/aromatic N) is 1. The molecule has 27 heavy (non-hydrogen) atoms. The number of anilines is 2. The summed E-state index contributed by atoms with van der Waals surface area (Å²) in [6.45, 7) is 1.50. The molecule has 0 saturated heterocycles. The molecule has 0 spiro atoms. The first-order valence-corrected chi connectivity index (χ1v) is 8.69. The Morgan fingerprint density at radius 2 is 1.89 bits per heavy atom. The summed E-state index contributed by atoms with van der Waals surface area (Å²) in [6, 6.07) is 13.5. The zero-order valence-corrected chi connectivity index (χ0v) is 15.9. The van der Waals surface area contributed by atoms with Gasteiger partial charge in [0.25, 0.3) is 5.91 Å². The minimum Gasteiger partial charge on any atom is -0.384 e. The Bertz CT molecular complexity index is 858. The molecule has 1 unspecified atom stereocenters. The van der Waals surface area contributed by atoms with Gasteiger partial charge in [-0.25, -0.2) is 0 Å². The Morgan fingerprint density at radius 1 is 1.15 bits per heavy atom. The van der Waals surface area contributed by atoms with Gasteiger partial charge in [0.2, 0.25) is 12.0 Å². The number of benzene rings is 2. The van der Waals surface area contributed by atoms with E-state index >= 15 is 0 Å². The molecule has 0 aliphatic heterocycles. The molecule has 2 aromatic carbocycles. The van der Waals surface area contributed by atoms with Crippen LogP contribution < -0.4 is 16.4 Å². The van der Waals surface area contributed by atoms with Crippen molar-refractivity contribution in [1.29, 1.82) is 0 Å². The van der Waals surface area contributed by atoms with Gasteiger partial charge in [-0.05, 0) is 37.3 Å². The standard InChI is InChI=1S/C18H18Cl2N4O3/c1-11(18(26)22-13-6-4-5-12(19)9-13)27-24-16(21)10-17(25)23-15-8-3-2-7-14(15)20/h2-9,11H,10H2,1H3,(H2,21,24)(H,22,26)(H,23,25). The molecule has 0 bridgehead atoms. The summed E-state index contributed by atoms with van der Waals surface area (Å²) in [5.74, 6) is -0.930. The number of nitrogens with one attached hydrogen (secondary N) is 2. The van der Waals surface area contributed by atoms with Crippen molar-refractivity contribution in [2.24, 2.45) is 10.9 Å². The Labute approximate surface area is 166 Å². The number of hydrogen-bond donors (Lipinski definition) is 3. The maximum atomic E-state index is 12.1. The van der Waals surface area contributed by atoms with Crippen LogP contribution in [0.1, 0.15) is 13.3 Å². The van der Waals surface area contributed by atoms with Crippen LogP contribution in [0, 0.1) is 0 Å². The first kappa shape index (κ1) is 20.5. The number of amides is 2. The van der Waals surface area contributed by atoms with E-state index in [9.17, 15) is 9.59 Å². The van der Waals surface area contributed by atoms with Crippen molar-refractivity contribution in [3.8, 4) is 0 Å². The summed E-state index contributed by atoms with van der Waals surface area (Å²) in [5.41, 5.74) is 6.66. The lowest BCUT2D eigenvalue weighted by molar-refractivity contribution is -0.126. The average Bonchev–Trinajstić information content (AvgIpc) is 2.61. The molecule has 142 valence electrons. The Balaban J connectivity index is 1.83. The fraction of sp³-hybridized carbons (Fsp3) is 0.167. The number of halogens is 2. The minimum absolute atomic E-state index is 0.0815. The van der Waals surface area contributed by atoms with Gasteiger partial charge >= 0.3 is 0 Å². The van der Waals surface area contributed by atoms with Gasteiger partial charge in [-0.3, -0.25) is 9.59 Å². The van der Waals surface area contributed by atoms with Crippen molar-refractivity contribution in [3.05, 3.63) is 58.6 Å². The largest absolute Gasteiger partial charge is 0.384 e. The summed E-state index contributed by atoms with van der Waals surface area (Å²) < 4.78 is 0. The molecule has 0 saturated carbocycles. The number of carbonyl (C=O) groups is 2. The van der Waals surface area contributed by atoms with Gasteiger partial charge < -0.3 is 21.2 Å². The van der Waals surface area contributed by atoms with Gasteiger partial charge in [-0.1, -0.05) is 46.6 Å². The maximum Gasteiger partial charge on any atom is 0.267 e. The van der Waals surface area contributed by atoms with Crippen LogP contribution in [-0.2, 0) is 14.4 Å². The number of nitrogens with two attached hydrogens (primary N) is 1. The van der Waals surface area contributed by atoms with Crippen LogP contribution in [0.15, 0.2) is 53.7 Å². The van der Waals surface area contributed by atoms with E-state index in [2.05, 4.69) is 15.8 Å². The van der Waals surface area contributed by atoms with Gasteiger partial charge in [0.1, 0.15) is 5.84 Å². The van der Waals surface area contributed by atoms with Gasteiger partial charge in [-0.15, -0.1) is 0 Å². The van der Waals surface area contributed by atoms with Gasteiger partial charge in [-0.2, -0.15) is 0 Å². The van der Waals surface area contributed by atoms with Gasteiger partial charge in [0, 0.05) is 10.7 Å². The number of oxime groups is 1. The third-order valence-electron chi connectivity index (χ3n) is 3.28. The van der Waals surface area contributed by atoms with Crippen LogP contribution in [0.5, 0.6) is 0 Å². The van der Waals surface area contributed by atoms with Crippen LogP contribution in [0.3, 0.4) is 0 Å². The monoisotopic (exact) mass is 408 g/mol. The molecule has 2 rings (SSSR count). The third kappa shape index (κ3) is 6.80. The molecule has 2 aromatic rings. The molecular weight excluding hydrogens is 391 g/mol. The lowest BCUT2D eigenvalue weighted by atomic mass is 10.3. The summed E-state index contributed by atoms with van der Waals surface area (Å²) >= 11 is 11.8. The van der Waals surface area contributed by atoms with E-state index in [4.69, 9.17) is 33.8 Å². The van der Waals surface area contributed by atoms with E-state index in [1.165, 1.54) is 6.92 Å². The topological polar surface area (TPSA) is 106 Å². The van der Waals surface area contributed by atoms with Crippen LogP contribution in [0.25, 0.3) is 0 Å². The first-order chi connectivity index (χ1) is 12.8. The second-order valence-corrected chi connectivity index (χ2v) is 6.38. The molecule has 9 heteroatoms. The fourth-order valence-corrected chi connectivity index (χ4v) is 2.33. The number of rotatable bonds is 7. The SMILES string of the molecule is CC(O/N=C(/N)CC(=O)Nc1ccccc1Cl)C(=O)Nc1cccc(Cl)c1. The molecule has 2 amide bonds. The molecule has 7 nitrogen and oxygen atoms in total. The summed E-state index contributed by atoms with van der Waals surface area (Å²) in [5, 5.41) is 9.77. The predicted molar refractivity (Wildman–Crippen MR) is 107 cm³/mol. The highest BCUT2D eigenvalue weighted by Gasteiger charge is 2.15. The van der Waals surface area contributed by atoms with Crippen molar-refractivity contribution in [1.82, 2.24) is 0 Å². The lowest BCUT2D eigenvalue weighted by Crippen LogP contribution is -2.28. The number of para-hydroxylation sites is 1.